The largest absolute Gasteiger partial charge is 0.462 e. The third kappa shape index (κ3) is 3.54. The summed E-state index contributed by atoms with van der Waals surface area (Å²) in [5.74, 6) is 0.820. The zero-order chi connectivity index (χ0) is 15.2. The zero-order valence-corrected chi connectivity index (χ0v) is 12.3. The molecule has 21 heavy (non-hydrogen) atoms. The van der Waals surface area contributed by atoms with E-state index in [2.05, 4.69) is 6.92 Å². The fourth-order valence-corrected chi connectivity index (χ4v) is 1.98. The van der Waals surface area contributed by atoms with Crippen LogP contribution in [-0.2, 0) is 11.2 Å². The molecule has 0 heterocycles. The first-order valence-electron chi connectivity index (χ1n) is 6.98. The van der Waals surface area contributed by atoms with Crippen LogP contribution in [0.25, 0.3) is 0 Å². The SMILES string of the molecule is CCOC(=O)c1ccc(N)c(Oc2ccccc2CC)c1. The van der Waals surface area contributed by atoms with E-state index < -0.39 is 0 Å². The molecule has 0 aromatic heterocycles. The van der Waals surface area contributed by atoms with Crippen molar-refractivity contribution < 1.29 is 14.3 Å². The number of ether oxygens (including phenoxy) is 2. The van der Waals surface area contributed by atoms with Crippen molar-refractivity contribution in [1.29, 1.82) is 0 Å². The molecule has 110 valence electrons. The number of carbonyl (C=O) groups is 1. The van der Waals surface area contributed by atoms with E-state index in [0.29, 0.717) is 23.6 Å². The minimum atomic E-state index is -0.383. The van der Waals surface area contributed by atoms with Crippen molar-refractivity contribution in [2.75, 3.05) is 12.3 Å². The molecular formula is C17H19NO3. The quantitative estimate of drug-likeness (QED) is 0.670. The topological polar surface area (TPSA) is 61.5 Å². The second kappa shape index (κ2) is 6.79. The van der Waals surface area contributed by atoms with Crippen LogP contribution < -0.4 is 10.5 Å². The number of esters is 1. The van der Waals surface area contributed by atoms with Crippen LogP contribution in [0.2, 0.25) is 0 Å². The first-order chi connectivity index (χ1) is 10.2. The number of benzene rings is 2. The Balaban J connectivity index is 2.31. The molecule has 2 N–H and O–H groups in total. The molecule has 0 aliphatic rings. The minimum Gasteiger partial charge on any atom is -0.462 e. The summed E-state index contributed by atoms with van der Waals surface area (Å²) >= 11 is 0. The Bertz CT molecular complexity index is 638. The van der Waals surface area contributed by atoms with Crippen LogP contribution in [0.1, 0.15) is 29.8 Å². The van der Waals surface area contributed by atoms with Crippen LogP contribution in [0, 0.1) is 0 Å². The van der Waals surface area contributed by atoms with Crippen LogP contribution in [-0.4, -0.2) is 12.6 Å². The molecule has 2 rings (SSSR count). The summed E-state index contributed by atoms with van der Waals surface area (Å²) in [6.45, 7) is 4.16. The Morgan fingerprint density at radius 1 is 1.10 bits per heavy atom. The molecular weight excluding hydrogens is 266 g/mol. The second-order valence-electron chi connectivity index (χ2n) is 4.54. The van der Waals surface area contributed by atoms with Crippen molar-refractivity contribution >= 4 is 11.7 Å². The van der Waals surface area contributed by atoms with Gasteiger partial charge in [-0.05, 0) is 43.2 Å². The highest BCUT2D eigenvalue weighted by molar-refractivity contribution is 5.90. The maximum Gasteiger partial charge on any atom is 0.338 e. The fourth-order valence-electron chi connectivity index (χ4n) is 1.98. The van der Waals surface area contributed by atoms with Gasteiger partial charge in [-0.25, -0.2) is 4.79 Å². The van der Waals surface area contributed by atoms with E-state index in [-0.39, 0.29) is 5.97 Å². The lowest BCUT2D eigenvalue weighted by atomic mass is 10.1. The van der Waals surface area contributed by atoms with Gasteiger partial charge in [-0.15, -0.1) is 0 Å². The number of anilines is 1. The van der Waals surface area contributed by atoms with E-state index in [4.69, 9.17) is 15.2 Å². The maximum absolute atomic E-state index is 11.8. The third-order valence-electron chi connectivity index (χ3n) is 3.10. The van der Waals surface area contributed by atoms with Gasteiger partial charge in [0.15, 0.2) is 5.75 Å². The lowest BCUT2D eigenvalue weighted by Crippen LogP contribution is -2.05. The highest BCUT2D eigenvalue weighted by Gasteiger charge is 2.11. The molecule has 0 saturated heterocycles. The van der Waals surface area contributed by atoms with Gasteiger partial charge in [-0.1, -0.05) is 25.1 Å². The van der Waals surface area contributed by atoms with Crippen LogP contribution in [0.5, 0.6) is 11.5 Å². The molecule has 2 aromatic rings. The molecule has 0 saturated carbocycles. The fraction of sp³-hybridized carbons (Fsp3) is 0.235. The molecule has 0 fully saturated rings. The van der Waals surface area contributed by atoms with Gasteiger partial charge in [0, 0.05) is 0 Å². The van der Waals surface area contributed by atoms with E-state index in [1.165, 1.54) is 0 Å². The summed E-state index contributed by atoms with van der Waals surface area (Å²) in [6.07, 6.45) is 0.855. The molecule has 0 aliphatic carbocycles. The number of nitrogens with two attached hydrogens (primary N) is 1. The van der Waals surface area contributed by atoms with Gasteiger partial charge < -0.3 is 15.2 Å². The minimum absolute atomic E-state index is 0.331. The van der Waals surface area contributed by atoms with Crippen LogP contribution in [0.15, 0.2) is 42.5 Å². The first-order valence-corrected chi connectivity index (χ1v) is 6.98. The van der Waals surface area contributed by atoms with Gasteiger partial charge in [-0.2, -0.15) is 0 Å². The zero-order valence-electron chi connectivity index (χ0n) is 12.3. The van der Waals surface area contributed by atoms with Gasteiger partial charge in [0.25, 0.3) is 0 Å². The third-order valence-corrected chi connectivity index (χ3v) is 3.10. The number of carbonyl (C=O) groups excluding carboxylic acids is 1. The smallest absolute Gasteiger partial charge is 0.338 e. The number of nitrogen functional groups attached to an aromatic ring is 1. The lowest BCUT2D eigenvalue weighted by molar-refractivity contribution is 0.0526. The summed E-state index contributed by atoms with van der Waals surface area (Å²) in [5.41, 5.74) is 7.91. The molecule has 0 amide bonds. The maximum atomic E-state index is 11.8. The molecule has 2 aromatic carbocycles. The number of hydrogen-bond donors (Lipinski definition) is 1. The molecule has 0 radical (unpaired) electrons. The monoisotopic (exact) mass is 285 g/mol. The summed E-state index contributed by atoms with van der Waals surface area (Å²) in [7, 11) is 0. The van der Waals surface area contributed by atoms with Gasteiger partial charge in [0.2, 0.25) is 0 Å². The predicted molar refractivity (Wildman–Crippen MR) is 82.7 cm³/mol. The van der Waals surface area contributed by atoms with Crippen LogP contribution in [0.4, 0.5) is 5.69 Å². The number of rotatable bonds is 5. The van der Waals surface area contributed by atoms with Gasteiger partial charge in [0.1, 0.15) is 5.75 Å². The number of aryl methyl sites for hydroxylation is 1. The van der Waals surface area contributed by atoms with Crippen LogP contribution >= 0.6 is 0 Å². The molecule has 0 spiro atoms. The molecule has 0 unspecified atom stereocenters. The van der Waals surface area contributed by atoms with E-state index in [1.54, 1.807) is 25.1 Å². The Morgan fingerprint density at radius 2 is 1.86 bits per heavy atom. The summed E-state index contributed by atoms with van der Waals surface area (Å²) in [4.78, 5) is 11.8. The molecule has 4 heteroatoms. The number of para-hydroxylation sites is 1. The highest BCUT2D eigenvalue weighted by atomic mass is 16.5. The van der Waals surface area contributed by atoms with Crippen molar-refractivity contribution in [3.05, 3.63) is 53.6 Å². The van der Waals surface area contributed by atoms with Gasteiger partial charge in [0.05, 0.1) is 17.9 Å². The van der Waals surface area contributed by atoms with Crippen LogP contribution in [0.3, 0.4) is 0 Å². The standard InChI is InChI=1S/C17H19NO3/c1-3-12-7-5-6-8-15(12)21-16-11-13(9-10-14(16)18)17(19)20-4-2/h5-11H,3-4,18H2,1-2H3. The van der Waals surface area contributed by atoms with Gasteiger partial charge in [-0.3, -0.25) is 0 Å². The van der Waals surface area contributed by atoms with Crippen molar-refractivity contribution in [1.82, 2.24) is 0 Å². The molecule has 0 aliphatic heterocycles. The number of hydrogen-bond acceptors (Lipinski definition) is 4. The first kappa shape index (κ1) is 14.9. The Hall–Kier alpha value is -2.49. The van der Waals surface area contributed by atoms with Gasteiger partial charge >= 0.3 is 5.97 Å². The average Bonchev–Trinajstić information content (AvgIpc) is 2.50. The summed E-state index contributed by atoms with van der Waals surface area (Å²) < 4.78 is 10.8. The Labute approximate surface area is 124 Å². The van der Waals surface area contributed by atoms with Crippen molar-refractivity contribution in [3.8, 4) is 11.5 Å². The second-order valence-corrected chi connectivity index (χ2v) is 4.54. The normalized spacial score (nSPS) is 10.2. The molecule has 0 bridgehead atoms. The highest BCUT2D eigenvalue weighted by Crippen LogP contribution is 2.31. The summed E-state index contributed by atoms with van der Waals surface area (Å²) in [5, 5.41) is 0. The summed E-state index contributed by atoms with van der Waals surface area (Å²) in [6, 6.07) is 12.6. The van der Waals surface area contributed by atoms with Crippen molar-refractivity contribution in [3.63, 3.8) is 0 Å². The molecule has 4 nitrogen and oxygen atoms in total. The van der Waals surface area contributed by atoms with E-state index in [9.17, 15) is 4.79 Å². The lowest BCUT2D eigenvalue weighted by Gasteiger charge is -2.12. The van der Waals surface area contributed by atoms with E-state index in [0.717, 1.165) is 17.7 Å². The van der Waals surface area contributed by atoms with E-state index in [1.807, 2.05) is 24.3 Å². The van der Waals surface area contributed by atoms with Crippen molar-refractivity contribution in [2.45, 2.75) is 20.3 Å². The molecule has 0 atom stereocenters. The average molecular weight is 285 g/mol. The Morgan fingerprint density at radius 3 is 2.57 bits per heavy atom. The van der Waals surface area contributed by atoms with Crippen molar-refractivity contribution in [2.24, 2.45) is 0 Å². The van der Waals surface area contributed by atoms with E-state index >= 15 is 0 Å². The predicted octanol–water partition coefficient (Wildman–Crippen LogP) is 3.80. The Kier molecular flexibility index (Phi) is 4.82.